The molecule has 0 saturated carbocycles. The molecule has 8 heteroatoms. The Bertz CT molecular complexity index is 847. The summed E-state index contributed by atoms with van der Waals surface area (Å²) in [5, 5.41) is 15.2. The standard InChI is InChI=1S/C19H22N4O2S2/c1-3-16(14-8-6-13(2)7-9-14)21-17(24)12-26-19-23-22-18(27-19)20-11-15-5-4-10-25-15/h4-10,16H,3,11-12H2,1-2H3,(H,20,22)(H,21,24)/t16-/m0/s1. The van der Waals surface area contributed by atoms with Crippen LogP contribution < -0.4 is 10.6 Å². The van der Waals surface area contributed by atoms with Gasteiger partial charge in [0.25, 0.3) is 0 Å². The molecule has 0 aliphatic carbocycles. The summed E-state index contributed by atoms with van der Waals surface area (Å²) in [6.07, 6.45) is 2.48. The molecule has 27 heavy (non-hydrogen) atoms. The van der Waals surface area contributed by atoms with E-state index in [1.807, 2.05) is 12.1 Å². The molecular weight excluding hydrogens is 380 g/mol. The molecular formula is C19H22N4O2S2. The van der Waals surface area contributed by atoms with E-state index >= 15 is 0 Å². The largest absolute Gasteiger partial charge is 0.467 e. The Hall–Kier alpha value is -2.32. The zero-order valence-corrected chi connectivity index (χ0v) is 16.9. The van der Waals surface area contributed by atoms with E-state index in [0.29, 0.717) is 17.4 Å². The third-order valence-corrected chi connectivity index (χ3v) is 5.96. The minimum atomic E-state index is -0.00674. The van der Waals surface area contributed by atoms with Crippen LogP contribution >= 0.6 is 23.1 Å². The van der Waals surface area contributed by atoms with Crippen LogP contribution in [0.15, 0.2) is 51.4 Å². The first-order valence-corrected chi connectivity index (χ1v) is 10.5. The number of carbonyl (C=O) groups is 1. The van der Waals surface area contributed by atoms with Crippen molar-refractivity contribution in [3.63, 3.8) is 0 Å². The van der Waals surface area contributed by atoms with E-state index in [9.17, 15) is 4.79 Å². The van der Waals surface area contributed by atoms with Gasteiger partial charge in [-0.2, -0.15) is 0 Å². The molecule has 3 aromatic rings. The minimum Gasteiger partial charge on any atom is -0.467 e. The molecule has 0 radical (unpaired) electrons. The summed E-state index contributed by atoms with van der Waals surface area (Å²) >= 11 is 2.82. The smallest absolute Gasteiger partial charge is 0.230 e. The van der Waals surface area contributed by atoms with Crippen LogP contribution in [-0.4, -0.2) is 21.9 Å². The number of hydrogen-bond donors (Lipinski definition) is 2. The summed E-state index contributed by atoms with van der Waals surface area (Å²) in [6, 6.07) is 12.0. The van der Waals surface area contributed by atoms with Crippen LogP contribution in [0.1, 0.15) is 36.3 Å². The van der Waals surface area contributed by atoms with Crippen molar-refractivity contribution in [2.75, 3.05) is 11.1 Å². The van der Waals surface area contributed by atoms with Gasteiger partial charge in [0.15, 0.2) is 4.34 Å². The molecule has 142 valence electrons. The monoisotopic (exact) mass is 402 g/mol. The SMILES string of the molecule is CC[C@H](NC(=O)CSc1nnc(NCc2ccco2)s1)c1ccc(C)cc1. The number of nitrogens with one attached hydrogen (secondary N) is 2. The predicted octanol–water partition coefficient (Wildman–Crippen LogP) is 4.41. The third-order valence-electron chi connectivity index (χ3n) is 3.95. The quantitative estimate of drug-likeness (QED) is 0.516. The van der Waals surface area contributed by atoms with Gasteiger partial charge in [-0.1, -0.05) is 59.9 Å². The number of furan rings is 1. The van der Waals surface area contributed by atoms with Crippen LogP contribution in [0, 0.1) is 6.92 Å². The Morgan fingerprint density at radius 2 is 2.07 bits per heavy atom. The maximum Gasteiger partial charge on any atom is 0.230 e. The maximum absolute atomic E-state index is 12.3. The average Bonchev–Trinajstić information content (AvgIpc) is 3.35. The van der Waals surface area contributed by atoms with Crippen molar-refractivity contribution in [1.29, 1.82) is 0 Å². The first kappa shape index (κ1) is 19.4. The number of rotatable bonds is 9. The second kappa shape index (κ2) is 9.57. The normalized spacial score (nSPS) is 11.9. The lowest BCUT2D eigenvalue weighted by atomic mass is 10.0. The van der Waals surface area contributed by atoms with Gasteiger partial charge in [0, 0.05) is 0 Å². The van der Waals surface area contributed by atoms with Gasteiger partial charge in [0.1, 0.15) is 5.76 Å². The number of benzene rings is 1. The zero-order valence-electron chi connectivity index (χ0n) is 15.3. The van der Waals surface area contributed by atoms with E-state index in [1.165, 1.54) is 28.7 Å². The lowest BCUT2D eigenvalue weighted by Gasteiger charge is -2.17. The molecule has 0 fully saturated rings. The second-order valence-electron chi connectivity index (χ2n) is 6.03. The summed E-state index contributed by atoms with van der Waals surface area (Å²) < 4.78 is 6.03. The molecule has 1 atom stereocenters. The Balaban J connectivity index is 1.46. The molecule has 0 aliphatic rings. The fourth-order valence-corrected chi connectivity index (χ4v) is 4.06. The first-order valence-electron chi connectivity index (χ1n) is 8.72. The van der Waals surface area contributed by atoms with Crippen molar-refractivity contribution in [1.82, 2.24) is 15.5 Å². The van der Waals surface area contributed by atoms with Crippen LogP contribution in [-0.2, 0) is 11.3 Å². The predicted molar refractivity (Wildman–Crippen MR) is 109 cm³/mol. The summed E-state index contributed by atoms with van der Waals surface area (Å²) in [4.78, 5) is 12.3. The first-order chi connectivity index (χ1) is 13.1. The van der Waals surface area contributed by atoms with Gasteiger partial charge in [-0.05, 0) is 31.0 Å². The van der Waals surface area contributed by atoms with Crippen LogP contribution in [0.3, 0.4) is 0 Å². The number of thioether (sulfide) groups is 1. The number of amides is 1. The van der Waals surface area contributed by atoms with Crippen molar-refractivity contribution >= 4 is 34.1 Å². The van der Waals surface area contributed by atoms with Gasteiger partial charge in [-0.3, -0.25) is 4.79 Å². The topological polar surface area (TPSA) is 80.0 Å². The van der Waals surface area contributed by atoms with E-state index in [1.54, 1.807) is 6.26 Å². The van der Waals surface area contributed by atoms with E-state index < -0.39 is 0 Å². The van der Waals surface area contributed by atoms with Gasteiger partial charge in [0.2, 0.25) is 11.0 Å². The number of hydrogen-bond acceptors (Lipinski definition) is 7. The lowest BCUT2D eigenvalue weighted by molar-refractivity contribution is -0.119. The second-order valence-corrected chi connectivity index (χ2v) is 8.23. The van der Waals surface area contributed by atoms with Crippen molar-refractivity contribution in [2.45, 2.75) is 37.2 Å². The highest BCUT2D eigenvalue weighted by Gasteiger charge is 2.14. The Morgan fingerprint density at radius 1 is 1.26 bits per heavy atom. The molecule has 3 rings (SSSR count). The molecule has 1 amide bonds. The highest BCUT2D eigenvalue weighted by molar-refractivity contribution is 8.01. The number of nitrogens with zero attached hydrogens (tertiary/aromatic N) is 2. The number of anilines is 1. The van der Waals surface area contributed by atoms with E-state index in [-0.39, 0.29) is 11.9 Å². The van der Waals surface area contributed by atoms with Crippen LogP contribution in [0.25, 0.3) is 0 Å². The van der Waals surface area contributed by atoms with Crippen LogP contribution in [0.2, 0.25) is 0 Å². The zero-order chi connectivity index (χ0) is 19.1. The van der Waals surface area contributed by atoms with Gasteiger partial charge < -0.3 is 15.1 Å². The van der Waals surface area contributed by atoms with Crippen LogP contribution in [0.4, 0.5) is 5.13 Å². The average molecular weight is 403 g/mol. The molecule has 2 aromatic heterocycles. The molecule has 2 N–H and O–H groups in total. The summed E-state index contributed by atoms with van der Waals surface area (Å²) in [6.45, 7) is 4.68. The molecule has 0 aliphatic heterocycles. The Morgan fingerprint density at radius 3 is 2.78 bits per heavy atom. The Kier molecular flexibility index (Phi) is 6.89. The summed E-state index contributed by atoms with van der Waals surface area (Å²) in [5.41, 5.74) is 2.34. The molecule has 0 bridgehead atoms. The molecule has 0 saturated heterocycles. The fraction of sp³-hybridized carbons (Fsp3) is 0.316. The van der Waals surface area contributed by atoms with E-state index in [4.69, 9.17) is 4.42 Å². The van der Waals surface area contributed by atoms with Crippen molar-refractivity contribution < 1.29 is 9.21 Å². The molecule has 0 spiro atoms. The maximum atomic E-state index is 12.3. The highest BCUT2D eigenvalue weighted by Crippen LogP contribution is 2.26. The van der Waals surface area contributed by atoms with Crippen LogP contribution in [0.5, 0.6) is 0 Å². The lowest BCUT2D eigenvalue weighted by Crippen LogP contribution is -2.29. The summed E-state index contributed by atoms with van der Waals surface area (Å²) in [5.74, 6) is 1.14. The number of carbonyl (C=O) groups excluding carboxylic acids is 1. The molecule has 2 heterocycles. The van der Waals surface area contributed by atoms with Gasteiger partial charge in [-0.15, -0.1) is 10.2 Å². The number of aryl methyl sites for hydroxylation is 1. The highest BCUT2D eigenvalue weighted by atomic mass is 32.2. The molecule has 1 aromatic carbocycles. The van der Waals surface area contributed by atoms with E-state index in [0.717, 1.165) is 22.1 Å². The van der Waals surface area contributed by atoms with Crippen molar-refractivity contribution in [3.05, 3.63) is 59.5 Å². The Labute approximate surface area is 166 Å². The van der Waals surface area contributed by atoms with Gasteiger partial charge in [-0.25, -0.2) is 0 Å². The third kappa shape index (κ3) is 5.83. The van der Waals surface area contributed by atoms with Crippen molar-refractivity contribution in [3.8, 4) is 0 Å². The van der Waals surface area contributed by atoms with Gasteiger partial charge in [0.05, 0.1) is 24.6 Å². The number of aromatic nitrogens is 2. The minimum absolute atomic E-state index is 0.00674. The van der Waals surface area contributed by atoms with Crippen molar-refractivity contribution in [2.24, 2.45) is 0 Å². The molecule has 0 unspecified atom stereocenters. The molecule has 6 nitrogen and oxygen atoms in total. The van der Waals surface area contributed by atoms with Gasteiger partial charge >= 0.3 is 0 Å². The fourth-order valence-electron chi connectivity index (χ4n) is 2.50. The van der Waals surface area contributed by atoms with E-state index in [2.05, 4.69) is 58.9 Å². The summed E-state index contributed by atoms with van der Waals surface area (Å²) in [7, 11) is 0.